The van der Waals surface area contributed by atoms with Gasteiger partial charge in [0.2, 0.25) is 0 Å². The zero-order chi connectivity index (χ0) is 17.5. The lowest BCUT2D eigenvalue weighted by Gasteiger charge is -2.12. The van der Waals surface area contributed by atoms with Crippen LogP contribution in [0.25, 0.3) is 6.08 Å². The molecule has 1 aromatic carbocycles. The Hall–Kier alpha value is -2.34. The second kappa shape index (κ2) is 8.49. The van der Waals surface area contributed by atoms with Crippen molar-refractivity contribution >= 4 is 29.3 Å². The Morgan fingerprint density at radius 1 is 1.38 bits per heavy atom. The highest BCUT2D eigenvalue weighted by molar-refractivity contribution is 7.80. The fourth-order valence-electron chi connectivity index (χ4n) is 2.30. The molecule has 0 atom stereocenters. The minimum Gasteiger partial charge on any atom is -0.493 e. The van der Waals surface area contributed by atoms with Crippen molar-refractivity contribution in [3.05, 3.63) is 42.1 Å². The normalized spacial score (nSPS) is 15.6. The van der Waals surface area contributed by atoms with Gasteiger partial charge in [-0.1, -0.05) is 32.1 Å². The number of hydrogen-bond acceptors (Lipinski definition) is 4. The zero-order valence-electron chi connectivity index (χ0n) is 14.0. The van der Waals surface area contributed by atoms with Crippen LogP contribution in [0.5, 0.6) is 11.5 Å². The first-order valence-electron chi connectivity index (χ1n) is 7.87. The van der Waals surface area contributed by atoms with Crippen LogP contribution in [0.15, 0.2) is 36.6 Å². The molecule has 0 radical (unpaired) electrons. The number of benzene rings is 1. The maximum Gasteiger partial charge on any atom is 0.276 e. The van der Waals surface area contributed by atoms with E-state index in [1.165, 1.54) is 0 Å². The van der Waals surface area contributed by atoms with Gasteiger partial charge >= 0.3 is 0 Å². The number of hydrogen-bond donors (Lipinski definition) is 1. The molecule has 1 aliphatic heterocycles. The van der Waals surface area contributed by atoms with Crippen molar-refractivity contribution in [3.63, 3.8) is 0 Å². The lowest BCUT2D eigenvalue weighted by atomic mass is 10.1. The van der Waals surface area contributed by atoms with E-state index in [1.54, 1.807) is 30.2 Å². The molecule has 1 fully saturated rings. The van der Waals surface area contributed by atoms with Gasteiger partial charge in [0.25, 0.3) is 5.91 Å². The van der Waals surface area contributed by atoms with Crippen molar-refractivity contribution < 1.29 is 14.3 Å². The maximum atomic E-state index is 12.4. The first kappa shape index (κ1) is 18.0. The number of methoxy groups -OCH3 is 1. The molecule has 0 aromatic heterocycles. The zero-order valence-corrected chi connectivity index (χ0v) is 14.8. The van der Waals surface area contributed by atoms with Gasteiger partial charge in [-0.05, 0) is 42.4 Å². The van der Waals surface area contributed by atoms with E-state index >= 15 is 0 Å². The van der Waals surface area contributed by atoms with E-state index in [-0.39, 0.29) is 5.91 Å². The highest BCUT2D eigenvalue weighted by atomic mass is 32.1. The van der Waals surface area contributed by atoms with Crippen molar-refractivity contribution in [1.29, 1.82) is 0 Å². The first-order chi connectivity index (χ1) is 11.6. The molecular formula is C18H22N2O3S. The number of carbonyl (C=O) groups is 1. The Balaban J connectivity index is 2.20. The van der Waals surface area contributed by atoms with Crippen molar-refractivity contribution in [2.75, 3.05) is 20.3 Å². The fourth-order valence-corrected chi connectivity index (χ4v) is 2.58. The van der Waals surface area contributed by atoms with Gasteiger partial charge in [0.05, 0.1) is 7.11 Å². The molecule has 0 bridgehead atoms. The Morgan fingerprint density at radius 2 is 2.17 bits per heavy atom. The Morgan fingerprint density at radius 3 is 2.83 bits per heavy atom. The van der Waals surface area contributed by atoms with Gasteiger partial charge in [0.15, 0.2) is 16.6 Å². The van der Waals surface area contributed by atoms with Crippen LogP contribution in [0.3, 0.4) is 0 Å². The fraction of sp³-hybridized carbons (Fsp3) is 0.333. The summed E-state index contributed by atoms with van der Waals surface area (Å²) in [5.41, 5.74) is 1.30. The number of unbranched alkanes of at least 4 members (excludes halogenated alkanes) is 1. The second-order valence-corrected chi connectivity index (χ2v) is 5.70. The number of nitrogens with one attached hydrogen (secondary N) is 1. The third kappa shape index (κ3) is 4.14. The largest absolute Gasteiger partial charge is 0.493 e. The van der Waals surface area contributed by atoms with E-state index in [0.717, 1.165) is 18.4 Å². The average Bonchev–Trinajstić information content (AvgIpc) is 2.85. The molecule has 0 saturated carbocycles. The summed E-state index contributed by atoms with van der Waals surface area (Å²) in [6, 6.07) is 5.49. The molecular weight excluding hydrogens is 324 g/mol. The van der Waals surface area contributed by atoms with Crippen molar-refractivity contribution in [2.24, 2.45) is 0 Å². The van der Waals surface area contributed by atoms with Gasteiger partial charge in [-0.15, -0.1) is 0 Å². The molecule has 1 saturated heterocycles. The van der Waals surface area contributed by atoms with E-state index < -0.39 is 0 Å². The summed E-state index contributed by atoms with van der Waals surface area (Å²) in [5.74, 6) is 1.13. The maximum absolute atomic E-state index is 12.4. The van der Waals surface area contributed by atoms with Crippen molar-refractivity contribution in [1.82, 2.24) is 10.2 Å². The van der Waals surface area contributed by atoms with E-state index in [4.69, 9.17) is 21.7 Å². The molecule has 24 heavy (non-hydrogen) atoms. The average molecular weight is 346 g/mol. The summed E-state index contributed by atoms with van der Waals surface area (Å²) in [6.45, 7) is 6.74. The van der Waals surface area contributed by atoms with E-state index in [2.05, 4.69) is 18.8 Å². The van der Waals surface area contributed by atoms with E-state index in [1.807, 2.05) is 12.1 Å². The first-order valence-corrected chi connectivity index (χ1v) is 8.27. The van der Waals surface area contributed by atoms with Crippen LogP contribution >= 0.6 is 12.2 Å². The lowest BCUT2D eigenvalue weighted by molar-refractivity contribution is -0.122. The van der Waals surface area contributed by atoms with Gasteiger partial charge in [-0.2, -0.15) is 0 Å². The molecule has 0 aliphatic carbocycles. The number of thiocarbonyl (C=S) groups is 1. The molecule has 2 rings (SSSR count). The highest BCUT2D eigenvalue weighted by Crippen LogP contribution is 2.29. The van der Waals surface area contributed by atoms with Gasteiger partial charge in [0.1, 0.15) is 12.3 Å². The minimum atomic E-state index is -0.0978. The molecule has 0 unspecified atom stereocenters. The highest BCUT2D eigenvalue weighted by Gasteiger charge is 2.29. The van der Waals surface area contributed by atoms with E-state index in [9.17, 15) is 4.79 Å². The summed E-state index contributed by atoms with van der Waals surface area (Å²) < 4.78 is 10.9. The molecule has 128 valence electrons. The summed E-state index contributed by atoms with van der Waals surface area (Å²) in [6.07, 6.45) is 5.36. The molecule has 1 N–H and O–H groups in total. The van der Waals surface area contributed by atoms with Crippen LogP contribution in [-0.4, -0.2) is 36.2 Å². The predicted octanol–water partition coefficient (Wildman–Crippen LogP) is 3.12. The summed E-state index contributed by atoms with van der Waals surface area (Å²) in [5, 5.41) is 3.44. The van der Waals surface area contributed by atoms with Crippen LogP contribution in [0, 0.1) is 0 Å². The number of nitrogens with zero attached hydrogens (tertiary/aromatic N) is 1. The Labute approximate surface area is 147 Å². The van der Waals surface area contributed by atoms with Crippen molar-refractivity contribution in [2.45, 2.75) is 19.8 Å². The molecule has 1 amide bonds. The monoisotopic (exact) mass is 346 g/mol. The number of carbonyl (C=O) groups excluding carboxylic acids is 1. The molecule has 1 aliphatic rings. The Bertz CT molecular complexity index is 670. The van der Waals surface area contributed by atoms with Crippen LogP contribution in [-0.2, 0) is 4.79 Å². The molecule has 1 heterocycles. The molecule has 0 spiro atoms. The second-order valence-electron chi connectivity index (χ2n) is 5.31. The molecule has 6 heteroatoms. The lowest BCUT2D eigenvalue weighted by Crippen LogP contribution is -2.31. The third-order valence-electron chi connectivity index (χ3n) is 3.55. The van der Waals surface area contributed by atoms with Crippen LogP contribution < -0.4 is 14.8 Å². The number of amides is 1. The van der Waals surface area contributed by atoms with Gasteiger partial charge < -0.3 is 14.8 Å². The smallest absolute Gasteiger partial charge is 0.276 e. The van der Waals surface area contributed by atoms with E-state index in [0.29, 0.717) is 35.5 Å². The van der Waals surface area contributed by atoms with Gasteiger partial charge in [-0.25, -0.2) is 0 Å². The standard InChI is InChI=1S/C18H22N2O3S/c1-4-6-9-20-17(21)14(19-18(20)24)11-13-7-8-15(23-10-5-2)16(12-13)22-3/h5,7-8,11-12H,2,4,6,9-10H2,1,3H3,(H,19,24). The van der Waals surface area contributed by atoms with Crippen molar-refractivity contribution in [3.8, 4) is 11.5 Å². The quantitative estimate of drug-likeness (QED) is 0.445. The van der Waals surface area contributed by atoms with Crippen LogP contribution in [0.2, 0.25) is 0 Å². The minimum absolute atomic E-state index is 0.0978. The topological polar surface area (TPSA) is 50.8 Å². The van der Waals surface area contributed by atoms with Gasteiger partial charge in [-0.3, -0.25) is 9.69 Å². The molecule has 5 nitrogen and oxygen atoms in total. The number of rotatable bonds is 8. The van der Waals surface area contributed by atoms with Crippen LogP contribution in [0.1, 0.15) is 25.3 Å². The third-order valence-corrected chi connectivity index (χ3v) is 3.88. The van der Waals surface area contributed by atoms with Crippen LogP contribution in [0.4, 0.5) is 0 Å². The summed E-state index contributed by atoms with van der Waals surface area (Å²) in [7, 11) is 1.58. The predicted molar refractivity (Wildman–Crippen MR) is 99.0 cm³/mol. The Kier molecular flexibility index (Phi) is 6.37. The summed E-state index contributed by atoms with van der Waals surface area (Å²) in [4.78, 5) is 14.0. The summed E-state index contributed by atoms with van der Waals surface area (Å²) >= 11 is 5.24. The SMILES string of the molecule is C=CCOc1ccc(C=C2NC(=S)N(CCCC)C2=O)cc1OC. The van der Waals surface area contributed by atoms with Gasteiger partial charge in [0, 0.05) is 6.54 Å². The molecule has 1 aromatic rings. The number of ether oxygens (including phenoxy) is 2.